The maximum Gasteiger partial charge on any atom is 0.294 e. The van der Waals surface area contributed by atoms with E-state index in [1.54, 1.807) is 25.1 Å². The molecule has 0 bridgehead atoms. The lowest BCUT2D eigenvalue weighted by atomic mass is 10.3. The maximum absolute atomic E-state index is 11.9. The number of carbonyl (C=O) groups excluding carboxylic acids is 1. The highest BCUT2D eigenvalue weighted by Crippen LogP contribution is 2.19. The van der Waals surface area contributed by atoms with Crippen LogP contribution in [0.25, 0.3) is 0 Å². The van der Waals surface area contributed by atoms with E-state index in [0.29, 0.717) is 17.1 Å². The largest absolute Gasteiger partial charge is 0.491 e. The van der Waals surface area contributed by atoms with Gasteiger partial charge in [-0.1, -0.05) is 11.2 Å². The summed E-state index contributed by atoms with van der Waals surface area (Å²) in [5.74, 6) is 0.566. The van der Waals surface area contributed by atoms with Gasteiger partial charge in [0.25, 0.3) is 5.91 Å². The third-order valence-corrected chi connectivity index (χ3v) is 2.32. The number of anilines is 1. The number of nitrogens with zero attached hydrogens (tertiary/aromatic N) is 1. The molecule has 5 nitrogen and oxygen atoms in total. The maximum atomic E-state index is 11.9. The molecular weight excluding hydrogens is 244 g/mol. The van der Waals surface area contributed by atoms with Crippen molar-refractivity contribution in [3.63, 3.8) is 0 Å². The summed E-state index contributed by atoms with van der Waals surface area (Å²) < 4.78 is 10.5. The summed E-state index contributed by atoms with van der Waals surface area (Å²) in [7, 11) is 0. The Hall–Kier alpha value is -2.30. The third kappa shape index (κ3) is 3.58. The predicted octanol–water partition coefficient (Wildman–Crippen LogP) is 3.02. The Kier molecular flexibility index (Phi) is 3.85. The Balaban J connectivity index is 2.08. The molecule has 0 atom stereocenters. The van der Waals surface area contributed by atoms with Crippen molar-refractivity contribution in [2.24, 2.45) is 0 Å². The normalized spacial score (nSPS) is 10.5. The SMILES string of the molecule is Cc1cc(C(=O)Nc2cccc(OC(C)C)c2)on1. The van der Waals surface area contributed by atoms with Crippen LogP contribution in [0.5, 0.6) is 5.75 Å². The highest BCUT2D eigenvalue weighted by atomic mass is 16.5. The van der Waals surface area contributed by atoms with Gasteiger partial charge < -0.3 is 14.6 Å². The quantitative estimate of drug-likeness (QED) is 0.917. The van der Waals surface area contributed by atoms with Gasteiger partial charge in [-0.15, -0.1) is 0 Å². The van der Waals surface area contributed by atoms with E-state index < -0.39 is 0 Å². The van der Waals surface area contributed by atoms with Crippen molar-refractivity contribution in [3.8, 4) is 5.75 Å². The van der Waals surface area contributed by atoms with Crippen LogP contribution in [-0.4, -0.2) is 17.2 Å². The standard InChI is InChI=1S/C14H16N2O3/c1-9(2)18-12-6-4-5-11(8-12)15-14(17)13-7-10(3)16-19-13/h4-9H,1-3H3,(H,15,17). The molecule has 0 aliphatic heterocycles. The minimum Gasteiger partial charge on any atom is -0.491 e. The van der Waals surface area contributed by atoms with E-state index in [9.17, 15) is 4.79 Å². The molecule has 1 aromatic heterocycles. The second-order valence-electron chi connectivity index (χ2n) is 4.48. The van der Waals surface area contributed by atoms with Crippen molar-refractivity contribution in [3.05, 3.63) is 41.8 Å². The lowest BCUT2D eigenvalue weighted by molar-refractivity contribution is 0.0988. The van der Waals surface area contributed by atoms with E-state index >= 15 is 0 Å². The van der Waals surface area contributed by atoms with Crippen LogP contribution in [0.1, 0.15) is 30.1 Å². The van der Waals surface area contributed by atoms with Crippen molar-refractivity contribution in [1.82, 2.24) is 5.16 Å². The van der Waals surface area contributed by atoms with E-state index in [-0.39, 0.29) is 17.8 Å². The average molecular weight is 260 g/mol. The van der Waals surface area contributed by atoms with Gasteiger partial charge in [0, 0.05) is 17.8 Å². The molecule has 0 unspecified atom stereocenters. The molecule has 100 valence electrons. The average Bonchev–Trinajstić information content (AvgIpc) is 2.75. The summed E-state index contributed by atoms with van der Waals surface area (Å²) in [5.41, 5.74) is 1.32. The first-order valence-corrected chi connectivity index (χ1v) is 6.06. The van der Waals surface area contributed by atoms with Gasteiger partial charge in [-0.25, -0.2) is 0 Å². The molecule has 0 saturated carbocycles. The molecule has 1 N–H and O–H groups in total. The first-order chi connectivity index (χ1) is 9.04. The minimum atomic E-state index is -0.331. The Labute approximate surface area is 111 Å². The zero-order valence-corrected chi connectivity index (χ0v) is 11.1. The first kappa shape index (κ1) is 13.1. The van der Waals surface area contributed by atoms with Gasteiger partial charge in [0.05, 0.1) is 11.8 Å². The summed E-state index contributed by atoms with van der Waals surface area (Å²) in [6, 6.07) is 8.80. The van der Waals surface area contributed by atoms with Crippen LogP contribution in [-0.2, 0) is 0 Å². The smallest absolute Gasteiger partial charge is 0.294 e. The van der Waals surface area contributed by atoms with Gasteiger partial charge in [-0.2, -0.15) is 0 Å². The number of benzene rings is 1. The number of carbonyl (C=O) groups is 1. The molecule has 5 heteroatoms. The summed E-state index contributed by atoms with van der Waals surface area (Å²) in [6.45, 7) is 5.66. The van der Waals surface area contributed by atoms with Crippen molar-refractivity contribution in [2.75, 3.05) is 5.32 Å². The Morgan fingerprint density at radius 3 is 2.79 bits per heavy atom. The monoisotopic (exact) mass is 260 g/mol. The fourth-order valence-corrected chi connectivity index (χ4v) is 1.58. The van der Waals surface area contributed by atoms with Crippen molar-refractivity contribution >= 4 is 11.6 Å². The van der Waals surface area contributed by atoms with Crippen LogP contribution in [0.3, 0.4) is 0 Å². The molecule has 0 aliphatic carbocycles. The molecule has 2 rings (SSSR count). The number of aromatic nitrogens is 1. The van der Waals surface area contributed by atoms with Crippen LogP contribution >= 0.6 is 0 Å². The van der Waals surface area contributed by atoms with Crippen LogP contribution < -0.4 is 10.1 Å². The zero-order chi connectivity index (χ0) is 13.8. The Morgan fingerprint density at radius 2 is 2.16 bits per heavy atom. The van der Waals surface area contributed by atoms with Crippen LogP contribution in [0.4, 0.5) is 5.69 Å². The summed E-state index contributed by atoms with van der Waals surface area (Å²) in [4.78, 5) is 11.9. The molecule has 2 aromatic rings. The van der Waals surface area contributed by atoms with Gasteiger partial charge >= 0.3 is 0 Å². The fraction of sp³-hybridized carbons (Fsp3) is 0.286. The van der Waals surface area contributed by atoms with Crippen LogP contribution in [0, 0.1) is 6.92 Å². The van der Waals surface area contributed by atoms with Gasteiger partial charge in [-0.3, -0.25) is 4.79 Å². The van der Waals surface area contributed by atoms with Gasteiger partial charge in [0.15, 0.2) is 0 Å². The summed E-state index contributed by atoms with van der Waals surface area (Å²) in [5, 5.41) is 6.41. The van der Waals surface area contributed by atoms with E-state index in [1.807, 2.05) is 26.0 Å². The third-order valence-electron chi connectivity index (χ3n) is 2.32. The number of rotatable bonds is 4. The molecule has 1 amide bonds. The number of aryl methyl sites for hydroxylation is 1. The second kappa shape index (κ2) is 5.56. The molecular formula is C14H16N2O3. The molecule has 0 fully saturated rings. The summed E-state index contributed by atoms with van der Waals surface area (Å²) in [6.07, 6.45) is 0.0860. The molecule has 1 heterocycles. The first-order valence-electron chi connectivity index (χ1n) is 6.06. The number of amides is 1. The topological polar surface area (TPSA) is 64.4 Å². The number of nitrogens with one attached hydrogen (secondary N) is 1. The highest BCUT2D eigenvalue weighted by molar-refractivity contribution is 6.02. The molecule has 0 aliphatic rings. The van der Waals surface area contributed by atoms with Crippen molar-refractivity contribution < 1.29 is 14.1 Å². The zero-order valence-electron chi connectivity index (χ0n) is 11.1. The number of hydrogen-bond acceptors (Lipinski definition) is 4. The van der Waals surface area contributed by atoms with Crippen molar-refractivity contribution in [1.29, 1.82) is 0 Å². The predicted molar refractivity (Wildman–Crippen MR) is 71.4 cm³/mol. The highest BCUT2D eigenvalue weighted by Gasteiger charge is 2.12. The minimum absolute atomic E-state index is 0.0860. The van der Waals surface area contributed by atoms with Gasteiger partial charge in [-0.05, 0) is 32.9 Å². The molecule has 19 heavy (non-hydrogen) atoms. The molecule has 0 radical (unpaired) electrons. The molecule has 1 aromatic carbocycles. The fourth-order valence-electron chi connectivity index (χ4n) is 1.58. The lowest BCUT2D eigenvalue weighted by Crippen LogP contribution is -2.11. The summed E-state index contributed by atoms with van der Waals surface area (Å²) >= 11 is 0. The number of ether oxygens (including phenoxy) is 1. The Bertz CT molecular complexity index is 576. The Morgan fingerprint density at radius 1 is 1.37 bits per heavy atom. The van der Waals surface area contributed by atoms with E-state index in [4.69, 9.17) is 9.26 Å². The van der Waals surface area contributed by atoms with Gasteiger partial charge in [0.2, 0.25) is 5.76 Å². The molecule has 0 saturated heterocycles. The van der Waals surface area contributed by atoms with E-state index in [2.05, 4.69) is 10.5 Å². The van der Waals surface area contributed by atoms with E-state index in [1.165, 1.54) is 0 Å². The van der Waals surface area contributed by atoms with Gasteiger partial charge in [0.1, 0.15) is 5.75 Å². The van der Waals surface area contributed by atoms with Crippen LogP contribution in [0.15, 0.2) is 34.9 Å². The van der Waals surface area contributed by atoms with Crippen LogP contribution in [0.2, 0.25) is 0 Å². The van der Waals surface area contributed by atoms with Crippen molar-refractivity contribution in [2.45, 2.75) is 26.9 Å². The number of hydrogen-bond donors (Lipinski definition) is 1. The second-order valence-corrected chi connectivity index (χ2v) is 4.48. The molecule has 0 spiro atoms. The lowest BCUT2D eigenvalue weighted by Gasteiger charge is -2.11. The van der Waals surface area contributed by atoms with E-state index in [0.717, 1.165) is 0 Å².